The van der Waals surface area contributed by atoms with Crippen molar-refractivity contribution < 1.29 is 39.5 Å². The molecule has 1 amide bonds. The van der Waals surface area contributed by atoms with E-state index < -0.39 is 59.1 Å². The molecule has 5 nitrogen and oxygen atoms in total. The number of halogens is 8. The highest BCUT2D eigenvalue weighted by molar-refractivity contribution is 7.82. The zero-order chi connectivity index (χ0) is 25.8. The maximum atomic E-state index is 14.2. The fraction of sp³-hybridized carbons (Fsp3) is 0.381. The Morgan fingerprint density at radius 3 is 2.26 bits per heavy atom. The van der Waals surface area contributed by atoms with Gasteiger partial charge in [-0.1, -0.05) is 29.3 Å². The molecule has 1 saturated heterocycles. The highest BCUT2D eigenvalue weighted by Crippen LogP contribution is 2.50. The molecule has 1 aliphatic heterocycles. The van der Waals surface area contributed by atoms with Gasteiger partial charge in [-0.05, 0) is 54.3 Å². The van der Waals surface area contributed by atoms with Crippen LogP contribution < -0.4 is 9.62 Å². The van der Waals surface area contributed by atoms with E-state index >= 15 is 0 Å². The lowest BCUT2D eigenvalue weighted by molar-refractivity contribution is -0.242. The molecule has 190 valence electrons. The molecule has 4 rings (SSSR count). The molecule has 2 fully saturated rings. The lowest BCUT2D eigenvalue weighted by atomic mass is 9.92. The van der Waals surface area contributed by atoms with Gasteiger partial charge >= 0.3 is 12.4 Å². The Kier molecular flexibility index (Phi) is 6.80. The van der Waals surface area contributed by atoms with E-state index in [1.807, 2.05) is 0 Å². The minimum absolute atomic E-state index is 0.138. The molecule has 2 aliphatic rings. The smallest absolute Gasteiger partial charge is 0.352 e. The van der Waals surface area contributed by atoms with Crippen LogP contribution in [0.25, 0.3) is 0 Å². The zero-order valence-electron chi connectivity index (χ0n) is 17.5. The van der Waals surface area contributed by atoms with Crippen LogP contribution in [0.15, 0.2) is 36.4 Å². The third-order valence-corrected chi connectivity index (χ3v) is 7.20. The molecule has 1 N–H and O–H groups in total. The Hall–Kier alpha value is -2.02. The first kappa shape index (κ1) is 26.1. The number of carbonyl (C=O) groups excluding carboxylic acids is 1. The number of hydrogen-bond acceptors (Lipinski definition) is 3. The summed E-state index contributed by atoms with van der Waals surface area (Å²) in [4.78, 5) is 11.8. The Morgan fingerprint density at radius 2 is 1.71 bits per heavy atom. The number of rotatable bonds is 5. The van der Waals surface area contributed by atoms with Crippen molar-refractivity contribution in [1.29, 1.82) is 0 Å². The predicted molar refractivity (Wildman–Crippen MR) is 117 cm³/mol. The molecule has 0 radical (unpaired) electrons. The molecule has 1 aliphatic carbocycles. The monoisotopic (exact) mass is 560 g/mol. The number of nitrogens with zero attached hydrogens (tertiary/aromatic N) is 1. The number of amides is 1. The molecule has 2 aromatic rings. The van der Waals surface area contributed by atoms with Crippen LogP contribution >= 0.6 is 23.2 Å². The topological polar surface area (TPSA) is 58.6 Å². The van der Waals surface area contributed by atoms with Gasteiger partial charge in [-0.25, -0.2) is 4.21 Å². The average molecular weight is 561 g/mol. The molecule has 0 bridgehead atoms. The molecule has 1 heterocycles. The van der Waals surface area contributed by atoms with Crippen LogP contribution in [0.3, 0.4) is 0 Å². The largest absolute Gasteiger partial charge is 0.424 e. The second-order valence-corrected chi connectivity index (χ2v) is 10.1. The van der Waals surface area contributed by atoms with Gasteiger partial charge in [0.05, 0.1) is 17.8 Å². The van der Waals surface area contributed by atoms with Crippen molar-refractivity contribution in [2.24, 2.45) is 5.92 Å². The first-order valence-electron chi connectivity index (χ1n) is 10.1. The molecule has 35 heavy (non-hydrogen) atoms. The lowest BCUT2D eigenvalue weighted by Crippen LogP contribution is -2.46. The normalized spacial score (nSPS) is 23.0. The predicted octanol–water partition coefficient (Wildman–Crippen LogP) is 5.91. The van der Waals surface area contributed by atoms with E-state index in [1.54, 1.807) is 0 Å². The van der Waals surface area contributed by atoms with E-state index in [1.165, 1.54) is 6.07 Å². The van der Waals surface area contributed by atoms with Crippen LogP contribution in [0, 0.1) is 5.92 Å². The summed E-state index contributed by atoms with van der Waals surface area (Å²) in [6, 6.07) is 5.76. The van der Waals surface area contributed by atoms with Crippen molar-refractivity contribution in [2.75, 3.05) is 10.8 Å². The second kappa shape index (κ2) is 9.13. The van der Waals surface area contributed by atoms with Crippen molar-refractivity contribution in [3.63, 3.8) is 0 Å². The van der Waals surface area contributed by atoms with E-state index in [2.05, 4.69) is 5.32 Å². The molecule has 0 aromatic heterocycles. The number of alkyl halides is 6. The van der Waals surface area contributed by atoms with Crippen LogP contribution in [-0.4, -0.2) is 22.8 Å². The molecule has 0 spiro atoms. The first-order chi connectivity index (χ1) is 16.2. The number of carbonyl (C=O) groups is 1. The molecule has 2 atom stereocenters. The van der Waals surface area contributed by atoms with Crippen molar-refractivity contribution in [3.05, 3.63) is 63.1 Å². The third kappa shape index (κ3) is 5.25. The van der Waals surface area contributed by atoms with Gasteiger partial charge in [0.1, 0.15) is 0 Å². The second-order valence-electron chi connectivity index (χ2n) is 8.15. The number of hydrogen-bond donors (Lipinski definition) is 1. The van der Waals surface area contributed by atoms with Crippen molar-refractivity contribution in [3.8, 4) is 0 Å². The van der Waals surface area contributed by atoms with Crippen LogP contribution in [0.2, 0.25) is 10.0 Å². The van der Waals surface area contributed by atoms with Crippen LogP contribution in [-0.2, 0) is 38.6 Å². The Bertz CT molecular complexity index is 1170. The van der Waals surface area contributed by atoms with Crippen LogP contribution in [0.5, 0.6) is 0 Å². The summed E-state index contributed by atoms with van der Waals surface area (Å²) >= 11 is 8.88. The number of nitrogens with one attached hydrogen (secondary N) is 1. The maximum absolute atomic E-state index is 14.2. The zero-order valence-corrected chi connectivity index (χ0v) is 19.8. The third-order valence-electron chi connectivity index (χ3n) is 5.63. The Morgan fingerprint density at radius 1 is 1.09 bits per heavy atom. The number of benzene rings is 2. The van der Waals surface area contributed by atoms with Gasteiger partial charge in [-0.2, -0.15) is 26.3 Å². The molecule has 2 aromatic carbocycles. The summed E-state index contributed by atoms with van der Waals surface area (Å²) in [5.41, 5.74) is -5.59. The van der Waals surface area contributed by atoms with Gasteiger partial charge in [0.2, 0.25) is 11.5 Å². The van der Waals surface area contributed by atoms with Gasteiger partial charge in [-0.15, -0.1) is 0 Å². The first-order valence-corrected chi connectivity index (χ1v) is 11.9. The summed E-state index contributed by atoms with van der Waals surface area (Å²) in [7, 11) is 0. The van der Waals surface area contributed by atoms with E-state index in [4.69, 9.17) is 27.4 Å². The fourth-order valence-corrected chi connectivity index (χ4v) is 5.34. The number of anilines is 1. The van der Waals surface area contributed by atoms with Crippen molar-refractivity contribution in [1.82, 2.24) is 5.32 Å². The Balaban J connectivity index is 1.70. The lowest BCUT2D eigenvalue weighted by Gasteiger charge is -2.29. The maximum Gasteiger partial charge on any atom is 0.424 e. The highest BCUT2D eigenvalue weighted by Gasteiger charge is 2.64. The standard InChI is InChI=1S/C21H16Cl2F6N2O3S/c22-14-5-13(6-15(23)7-14)19(21(27,28)29)10-31(35(33)34-19)16-4-3-12(17(8-16)20(24,25)26)9-30-18(32)11-1-2-11/h3-8,11H,1-2,9-10H2,(H,30,32). The van der Waals surface area contributed by atoms with Gasteiger partial charge < -0.3 is 5.32 Å². The quantitative estimate of drug-likeness (QED) is 0.462. The fourth-order valence-electron chi connectivity index (χ4n) is 3.66. The van der Waals surface area contributed by atoms with Crippen LogP contribution in [0.4, 0.5) is 32.0 Å². The summed E-state index contributed by atoms with van der Waals surface area (Å²) in [5.74, 6) is -0.588. The van der Waals surface area contributed by atoms with Crippen molar-refractivity contribution >= 4 is 46.1 Å². The average Bonchev–Trinajstić information content (AvgIpc) is 3.52. The summed E-state index contributed by atoms with van der Waals surface area (Å²) in [6.45, 7) is -1.54. The van der Waals surface area contributed by atoms with E-state index in [0.717, 1.165) is 24.3 Å². The van der Waals surface area contributed by atoms with E-state index in [9.17, 15) is 35.3 Å². The van der Waals surface area contributed by atoms with E-state index in [-0.39, 0.29) is 27.4 Å². The molecule has 14 heteroatoms. The van der Waals surface area contributed by atoms with Gasteiger partial charge in [0.25, 0.3) is 11.3 Å². The van der Waals surface area contributed by atoms with Crippen LogP contribution in [0.1, 0.15) is 29.5 Å². The van der Waals surface area contributed by atoms with E-state index in [0.29, 0.717) is 23.2 Å². The molecule has 2 unspecified atom stereocenters. The summed E-state index contributed by atoms with van der Waals surface area (Å²) in [6.07, 6.45) is -8.68. The molecular weight excluding hydrogens is 545 g/mol. The van der Waals surface area contributed by atoms with Gasteiger partial charge in [-0.3, -0.25) is 13.3 Å². The minimum Gasteiger partial charge on any atom is -0.352 e. The molecule has 1 saturated carbocycles. The summed E-state index contributed by atoms with van der Waals surface area (Å²) in [5, 5.41) is 2.15. The highest BCUT2D eigenvalue weighted by atomic mass is 35.5. The minimum atomic E-state index is -5.12. The van der Waals surface area contributed by atoms with Crippen molar-refractivity contribution in [2.45, 2.75) is 37.3 Å². The van der Waals surface area contributed by atoms with Gasteiger partial charge in [0, 0.05) is 22.5 Å². The molecular formula is C21H16Cl2F6N2O3S. The summed E-state index contributed by atoms with van der Waals surface area (Å²) < 4.78 is 102. The van der Waals surface area contributed by atoms with Gasteiger partial charge in [0.15, 0.2) is 0 Å². The Labute approximate surface area is 208 Å². The SMILES string of the molecule is O=C(NCc1ccc(N2CC(c3cc(Cl)cc(Cl)c3)(C(F)(F)F)OS2=O)cc1C(F)(F)F)C1CC1.